The van der Waals surface area contributed by atoms with Crippen molar-refractivity contribution in [1.82, 2.24) is 9.97 Å². The Hall–Kier alpha value is -2.61. The van der Waals surface area contributed by atoms with E-state index < -0.39 is 0 Å². The van der Waals surface area contributed by atoms with Crippen LogP contribution in [0.3, 0.4) is 0 Å². The van der Waals surface area contributed by atoms with E-state index in [4.69, 9.17) is 4.74 Å². The van der Waals surface area contributed by atoms with E-state index in [1.54, 1.807) is 11.3 Å². The highest BCUT2D eigenvalue weighted by Crippen LogP contribution is 2.25. The third-order valence-electron chi connectivity index (χ3n) is 3.89. The summed E-state index contributed by atoms with van der Waals surface area (Å²) in [4.78, 5) is 21.0. The van der Waals surface area contributed by atoms with Crippen LogP contribution in [0.1, 0.15) is 10.6 Å². The average Bonchev–Trinajstić information content (AvgIpc) is 3.29. The number of nitrogens with one attached hydrogen (secondary N) is 1. The molecule has 4 rings (SSSR count). The van der Waals surface area contributed by atoms with Gasteiger partial charge in [0, 0.05) is 10.9 Å². The van der Waals surface area contributed by atoms with E-state index in [0.29, 0.717) is 11.7 Å². The summed E-state index contributed by atoms with van der Waals surface area (Å²) in [6.45, 7) is 2.33. The van der Waals surface area contributed by atoms with Gasteiger partial charge < -0.3 is 4.74 Å². The SMILES string of the molecule is Cc1ccc(-c2csc(NC(=O)COCc3nc4ccccc4s3)n2)cc1. The molecule has 0 spiro atoms. The molecule has 27 heavy (non-hydrogen) atoms. The number of aromatic nitrogens is 2. The topological polar surface area (TPSA) is 64.1 Å². The van der Waals surface area contributed by atoms with Crippen molar-refractivity contribution >= 4 is 43.9 Å². The van der Waals surface area contributed by atoms with Crippen molar-refractivity contribution in [3.8, 4) is 11.3 Å². The van der Waals surface area contributed by atoms with Gasteiger partial charge in [0.1, 0.15) is 11.6 Å². The minimum atomic E-state index is -0.221. The number of ether oxygens (including phenoxy) is 1. The first-order valence-electron chi connectivity index (χ1n) is 8.42. The molecule has 2 aromatic heterocycles. The maximum absolute atomic E-state index is 12.1. The number of amides is 1. The van der Waals surface area contributed by atoms with Crippen LogP contribution in [0, 0.1) is 6.92 Å². The number of rotatable bonds is 6. The Morgan fingerprint density at radius 3 is 2.74 bits per heavy atom. The predicted molar refractivity (Wildman–Crippen MR) is 110 cm³/mol. The lowest BCUT2D eigenvalue weighted by atomic mass is 10.1. The molecule has 0 aliphatic rings. The van der Waals surface area contributed by atoms with Gasteiger partial charge in [0.2, 0.25) is 0 Å². The van der Waals surface area contributed by atoms with Crippen LogP contribution in [-0.4, -0.2) is 22.5 Å². The molecule has 136 valence electrons. The van der Waals surface area contributed by atoms with Gasteiger partial charge in [0.05, 0.1) is 22.5 Å². The minimum absolute atomic E-state index is 0.0324. The van der Waals surface area contributed by atoms with Crippen LogP contribution < -0.4 is 5.32 Å². The molecule has 0 unspecified atom stereocenters. The normalized spacial score (nSPS) is 11.0. The van der Waals surface area contributed by atoms with E-state index in [9.17, 15) is 4.79 Å². The maximum atomic E-state index is 12.1. The summed E-state index contributed by atoms with van der Waals surface area (Å²) < 4.78 is 6.62. The molecule has 2 heterocycles. The number of aryl methyl sites for hydroxylation is 1. The van der Waals surface area contributed by atoms with Crippen LogP contribution in [0.2, 0.25) is 0 Å². The monoisotopic (exact) mass is 395 g/mol. The highest BCUT2D eigenvalue weighted by atomic mass is 32.1. The highest BCUT2D eigenvalue weighted by Gasteiger charge is 2.09. The zero-order valence-corrected chi connectivity index (χ0v) is 16.3. The quantitative estimate of drug-likeness (QED) is 0.505. The molecule has 4 aromatic rings. The Balaban J connectivity index is 1.30. The first kappa shape index (κ1) is 17.8. The van der Waals surface area contributed by atoms with Crippen LogP contribution in [-0.2, 0) is 16.1 Å². The third-order valence-corrected chi connectivity index (χ3v) is 5.66. The number of hydrogen-bond donors (Lipinski definition) is 1. The number of carbonyl (C=O) groups excluding carboxylic acids is 1. The second-order valence-corrected chi connectivity index (χ2v) is 7.99. The smallest absolute Gasteiger partial charge is 0.252 e. The van der Waals surface area contributed by atoms with E-state index in [0.717, 1.165) is 26.5 Å². The molecular formula is C20H17N3O2S2. The molecule has 2 aromatic carbocycles. The molecule has 5 nitrogen and oxygen atoms in total. The summed E-state index contributed by atoms with van der Waals surface area (Å²) in [5, 5.41) is 6.15. The summed E-state index contributed by atoms with van der Waals surface area (Å²) >= 11 is 2.98. The molecule has 1 N–H and O–H groups in total. The van der Waals surface area contributed by atoms with Crippen molar-refractivity contribution in [2.45, 2.75) is 13.5 Å². The number of fused-ring (bicyclic) bond motifs is 1. The Labute approximate surface area is 164 Å². The van der Waals surface area contributed by atoms with Crippen LogP contribution in [0.25, 0.3) is 21.5 Å². The lowest BCUT2D eigenvalue weighted by molar-refractivity contribution is -0.121. The Bertz CT molecular complexity index is 1040. The molecular weight excluding hydrogens is 378 g/mol. The number of anilines is 1. The molecule has 0 aliphatic heterocycles. The fraction of sp³-hybridized carbons (Fsp3) is 0.150. The fourth-order valence-corrected chi connectivity index (χ4v) is 4.20. The standard InChI is InChI=1S/C20H17N3O2S2/c1-13-6-8-14(9-7-13)16-12-26-20(22-16)23-18(24)10-25-11-19-21-15-4-2-3-5-17(15)27-19/h2-9,12H,10-11H2,1H3,(H,22,23,24). The van der Waals surface area contributed by atoms with Crippen molar-refractivity contribution in [2.75, 3.05) is 11.9 Å². The molecule has 0 saturated heterocycles. The van der Waals surface area contributed by atoms with Gasteiger partial charge in [-0.2, -0.15) is 0 Å². The second kappa shape index (κ2) is 7.96. The molecule has 0 bridgehead atoms. The van der Waals surface area contributed by atoms with E-state index in [2.05, 4.69) is 15.3 Å². The van der Waals surface area contributed by atoms with Gasteiger partial charge in [-0.25, -0.2) is 9.97 Å². The van der Waals surface area contributed by atoms with Gasteiger partial charge in [0.15, 0.2) is 5.13 Å². The lowest BCUT2D eigenvalue weighted by Crippen LogP contribution is -2.18. The Morgan fingerprint density at radius 1 is 1.11 bits per heavy atom. The van der Waals surface area contributed by atoms with Crippen molar-refractivity contribution < 1.29 is 9.53 Å². The van der Waals surface area contributed by atoms with E-state index in [-0.39, 0.29) is 12.5 Å². The molecule has 0 aliphatic carbocycles. The van der Waals surface area contributed by atoms with Crippen molar-refractivity contribution in [3.63, 3.8) is 0 Å². The molecule has 0 atom stereocenters. The van der Waals surface area contributed by atoms with Crippen molar-refractivity contribution in [3.05, 3.63) is 64.5 Å². The highest BCUT2D eigenvalue weighted by molar-refractivity contribution is 7.18. The molecule has 0 fully saturated rings. The number of benzene rings is 2. The molecule has 0 radical (unpaired) electrons. The van der Waals surface area contributed by atoms with E-state index in [1.807, 2.05) is 60.8 Å². The van der Waals surface area contributed by atoms with Gasteiger partial charge >= 0.3 is 0 Å². The summed E-state index contributed by atoms with van der Waals surface area (Å²) in [5.74, 6) is -0.221. The largest absolute Gasteiger partial charge is 0.364 e. The fourth-order valence-electron chi connectivity index (χ4n) is 2.56. The van der Waals surface area contributed by atoms with Crippen molar-refractivity contribution in [2.24, 2.45) is 0 Å². The summed E-state index contributed by atoms with van der Waals surface area (Å²) in [5.41, 5.74) is 4.04. The van der Waals surface area contributed by atoms with Gasteiger partial charge in [-0.15, -0.1) is 22.7 Å². The van der Waals surface area contributed by atoms with Crippen molar-refractivity contribution in [1.29, 1.82) is 0 Å². The minimum Gasteiger partial charge on any atom is -0.364 e. The average molecular weight is 396 g/mol. The summed E-state index contributed by atoms with van der Waals surface area (Å²) in [6, 6.07) is 16.1. The first-order chi connectivity index (χ1) is 13.2. The van der Waals surface area contributed by atoms with Gasteiger partial charge in [-0.05, 0) is 19.1 Å². The number of nitrogens with zero attached hydrogens (tertiary/aromatic N) is 2. The number of thiazole rings is 2. The van der Waals surface area contributed by atoms with Crippen LogP contribution in [0.15, 0.2) is 53.9 Å². The van der Waals surface area contributed by atoms with Gasteiger partial charge in [-0.1, -0.05) is 42.0 Å². The first-order valence-corrected chi connectivity index (χ1v) is 10.1. The van der Waals surface area contributed by atoms with Crippen LogP contribution >= 0.6 is 22.7 Å². The Morgan fingerprint density at radius 2 is 1.93 bits per heavy atom. The summed E-state index contributed by atoms with van der Waals surface area (Å²) in [7, 11) is 0. The van der Waals surface area contributed by atoms with Crippen LogP contribution in [0.4, 0.5) is 5.13 Å². The van der Waals surface area contributed by atoms with Gasteiger partial charge in [0.25, 0.3) is 5.91 Å². The van der Waals surface area contributed by atoms with Gasteiger partial charge in [-0.3, -0.25) is 10.1 Å². The number of hydrogen-bond acceptors (Lipinski definition) is 6. The van der Waals surface area contributed by atoms with Crippen LogP contribution in [0.5, 0.6) is 0 Å². The summed E-state index contributed by atoms with van der Waals surface area (Å²) in [6.07, 6.45) is 0. The molecule has 0 saturated carbocycles. The van der Waals surface area contributed by atoms with E-state index >= 15 is 0 Å². The lowest BCUT2D eigenvalue weighted by Gasteiger charge is -2.02. The third kappa shape index (κ3) is 4.39. The maximum Gasteiger partial charge on any atom is 0.252 e. The number of para-hydroxylation sites is 1. The zero-order valence-electron chi connectivity index (χ0n) is 14.6. The number of carbonyl (C=O) groups is 1. The Kier molecular flexibility index (Phi) is 5.24. The molecule has 7 heteroatoms. The predicted octanol–water partition coefficient (Wildman–Crippen LogP) is 4.88. The second-order valence-electron chi connectivity index (χ2n) is 6.02. The zero-order chi connectivity index (χ0) is 18.6. The molecule has 1 amide bonds. The van der Waals surface area contributed by atoms with E-state index in [1.165, 1.54) is 16.9 Å².